The van der Waals surface area contributed by atoms with Gasteiger partial charge in [-0.05, 0) is 18.9 Å². The third-order valence-electron chi connectivity index (χ3n) is 2.31. The number of carbonyl (C=O) groups is 1. The van der Waals surface area contributed by atoms with Gasteiger partial charge in [-0.1, -0.05) is 12.5 Å². The molecule has 0 aliphatic carbocycles. The molecule has 1 saturated heterocycles. The van der Waals surface area contributed by atoms with Crippen LogP contribution in [0, 0.1) is 5.92 Å². The smallest absolute Gasteiger partial charge is 0.327 e. The summed E-state index contributed by atoms with van der Waals surface area (Å²) in [4.78, 5) is 17.5. The molecule has 0 spiro atoms. The first-order valence-electron chi connectivity index (χ1n) is 4.60. The Labute approximate surface area is 78.1 Å². The van der Waals surface area contributed by atoms with Crippen molar-refractivity contribution in [1.82, 2.24) is 10.5 Å². The standard InChI is InChI=1S/C8H17N3O2/c1-7-2-4-11(6-7)5-3-8(12)13-10-9/h7,10H,2-6,9H2,1H3. The van der Waals surface area contributed by atoms with Crippen LogP contribution < -0.4 is 11.4 Å². The number of likely N-dealkylation sites (tertiary alicyclic amines) is 1. The Morgan fingerprint density at radius 2 is 2.54 bits per heavy atom. The second kappa shape index (κ2) is 5.16. The van der Waals surface area contributed by atoms with Crippen LogP contribution in [-0.2, 0) is 9.63 Å². The van der Waals surface area contributed by atoms with Gasteiger partial charge in [0.05, 0.1) is 6.42 Å². The maximum atomic E-state index is 10.9. The molecule has 13 heavy (non-hydrogen) atoms. The third kappa shape index (κ3) is 3.71. The molecule has 0 aromatic carbocycles. The Hall–Kier alpha value is -0.650. The molecule has 1 atom stereocenters. The number of carbonyl (C=O) groups excluding carboxylic acids is 1. The summed E-state index contributed by atoms with van der Waals surface area (Å²) in [5.41, 5.74) is 1.88. The molecule has 0 radical (unpaired) electrons. The zero-order valence-corrected chi connectivity index (χ0v) is 7.95. The fourth-order valence-electron chi connectivity index (χ4n) is 1.60. The summed E-state index contributed by atoms with van der Waals surface area (Å²) in [7, 11) is 0. The molecule has 3 N–H and O–H groups in total. The van der Waals surface area contributed by atoms with E-state index in [4.69, 9.17) is 5.84 Å². The van der Waals surface area contributed by atoms with Gasteiger partial charge in [-0.2, -0.15) is 0 Å². The zero-order valence-electron chi connectivity index (χ0n) is 7.95. The molecule has 1 aliphatic heterocycles. The molecule has 1 aliphatic rings. The first kappa shape index (κ1) is 10.4. The Bertz CT molecular complexity index is 175. The lowest BCUT2D eigenvalue weighted by Gasteiger charge is -2.13. The van der Waals surface area contributed by atoms with E-state index in [-0.39, 0.29) is 5.97 Å². The third-order valence-corrected chi connectivity index (χ3v) is 2.31. The lowest BCUT2D eigenvalue weighted by atomic mass is 10.2. The number of nitrogens with zero attached hydrogens (tertiary/aromatic N) is 1. The largest absolute Gasteiger partial charge is 0.356 e. The Morgan fingerprint density at radius 3 is 3.08 bits per heavy atom. The molecule has 0 saturated carbocycles. The maximum absolute atomic E-state index is 10.9. The predicted molar refractivity (Wildman–Crippen MR) is 48.3 cm³/mol. The zero-order chi connectivity index (χ0) is 9.68. The fraction of sp³-hybridized carbons (Fsp3) is 0.875. The SMILES string of the molecule is CC1CCN(CCC(=O)ONN)C1. The summed E-state index contributed by atoms with van der Waals surface area (Å²) in [6, 6.07) is 0. The van der Waals surface area contributed by atoms with Crippen LogP contribution in [0.15, 0.2) is 0 Å². The Balaban J connectivity index is 2.09. The molecule has 1 heterocycles. The van der Waals surface area contributed by atoms with Crippen molar-refractivity contribution in [1.29, 1.82) is 0 Å². The number of hydrogen-bond donors (Lipinski definition) is 2. The lowest BCUT2D eigenvalue weighted by molar-refractivity contribution is -0.151. The van der Waals surface area contributed by atoms with E-state index in [0.717, 1.165) is 25.6 Å². The number of nitrogens with two attached hydrogens (primary N) is 1. The highest BCUT2D eigenvalue weighted by Gasteiger charge is 2.18. The van der Waals surface area contributed by atoms with Gasteiger partial charge in [-0.15, -0.1) is 0 Å². The van der Waals surface area contributed by atoms with Gasteiger partial charge in [0.15, 0.2) is 0 Å². The van der Waals surface area contributed by atoms with E-state index >= 15 is 0 Å². The van der Waals surface area contributed by atoms with Crippen LogP contribution in [0.5, 0.6) is 0 Å². The van der Waals surface area contributed by atoms with Gasteiger partial charge in [-0.3, -0.25) is 4.79 Å². The normalized spacial score (nSPS) is 23.4. The topological polar surface area (TPSA) is 67.6 Å². The minimum absolute atomic E-state index is 0.304. The van der Waals surface area contributed by atoms with Gasteiger partial charge in [0.25, 0.3) is 0 Å². The molecule has 0 bridgehead atoms. The highest BCUT2D eigenvalue weighted by molar-refractivity contribution is 5.69. The van der Waals surface area contributed by atoms with E-state index in [0.29, 0.717) is 6.42 Å². The number of hydrazine groups is 1. The van der Waals surface area contributed by atoms with E-state index < -0.39 is 0 Å². The number of nitrogens with one attached hydrogen (secondary N) is 1. The van der Waals surface area contributed by atoms with Crippen molar-refractivity contribution in [2.45, 2.75) is 19.8 Å². The average Bonchev–Trinajstić information content (AvgIpc) is 2.49. The van der Waals surface area contributed by atoms with Crippen molar-refractivity contribution < 1.29 is 9.63 Å². The number of rotatable bonds is 4. The van der Waals surface area contributed by atoms with Gasteiger partial charge in [-0.25, -0.2) is 5.84 Å². The summed E-state index contributed by atoms with van der Waals surface area (Å²) < 4.78 is 0. The monoisotopic (exact) mass is 187 g/mol. The van der Waals surface area contributed by atoms with Crippen molar-refractivity contribution in [2.75, 3.05) is 19.6 Å². The Morgan fingerprint density at radius 1 is 1.77 bits per heavy atom. The molecule has 0 aromatic rings. The molecule has 1 unspecified atom stereocenters. The van der Waals surface area contributed by atoms with E-state index in [1.165, 1.54) is 6.42 Å². The van der Waals surface area contributed by atoms with E-state index in [1.54, 1.807) is 0 Å². The first-order valence-corrected chi connectivity index (χ1v) is 4.60. The molecule has 0 aromatic heterocycles. The second-order valence-electron chi connectivity index (χ2n) is 3.54. The van der Waals surface area contributed by atoms with Crippen LogP contribution in [0.3, 0.4) is 0 Å². The second-order valence-corrected chi connectivity index (χ2v) is 3.54. The van der Waals surface area contributed by atoms with Gasteiger partial charge < -0.3 is 9.74 Å². The molecule has 1 rings (SSSR count). The quantitative estimate of drug-likeness (QED) is 0.464. The Kier molecular flexibility index (Phi) is 4.14. The van der Waals surface area contributed by atoms with Crippen molar-refractivity contribution in [2.24, 2.45) is 11.8 Å². The highest BCUT2D eigenvalue weighted by Crippen LogP contribution is 2.14. The molecule has 0 amide bonds. The van der Waals surface area contributed by atoms with E-state index in [2.05, 4.69) is 16.7 Å². The van der Waals surface area contributed by atoms with Crippen molar-refractivity contribution in [3.8, 4) is 0 Å². The molecule has 1 fully saturated rings. The molecule has 5 heteroatoms. The fourth-order valence-corrected chi connectivity index (χ4v) is 1.60. The van der Waals surface area contributed by atoms with Gasteiger partial charge in [0.2, 0.25) is 0 Å². The van der Waals surface area contributed by atoms with Crippen molar-refractivity contribution in [3.63, 3.8) is 0 Å². The van der Waals surface area contributed by atoms with E-state index in [9.17, 15) is 4.79 Å². The highest BCUT2D eigenvalue weighted by atomic mass is 16.7. The van der Waals surface area contributed by atoms with Crippen LogP contribution in [0.1, 0.15) is 19.8 Å². The minimum atomic E-state index is -0.304. The molecule has 5 nitrogen and oxygen atoms in total. The van der Waals surface area contributed by atoms with Crippen molar-refractivity contribution >= 4 is 5.97 Å². The van der Waals surface area contributed by atoms with Gasteiger partial charge >= 0.3 is 5.97 Å². The number of hydrogen-bond acceptors (Lipinski definition) is 5. The average molecular weight is 187 g/mol. The van der Waals surface area contributed by atoms with Gasteiger partial charge in [0, 0.05) is 13.1 Å². The maximum Gasteiger partial charge on any atom is 0.327 e. The molecule has 76 valence electrons. The van der Waals surface area contributed by atoms with Crippen LogP contribution in [0.25, 0.3) is 0 Å². The molecular weight excluding hydrogens is 170 g/mol. The van der Waals surface area contributed by atoms with Gasteiger partial charge in [0.1, 0.15) is 0 Å². The summed E-state index contributed by atoms with van der Waals surface area (Å²) in [6.45, 7) is 5.17. The van der Waals surface area contributed by atoms with Crippen LogP contribution >= 0.6 is 0 Å². The summed E-state index contributed by atoms with van der Waals surface area (Å²) in [5, 5.41) is 0. The minimum Gasteiger partial charge on any atom is -0.356 e. The van der Waals surface area contributed by atoms with E-state index in [1.807, 2.05) is 5.59 Å². The van der Waals surface area contributed by atoms with Crippen LogP contribution in [0.4, 0.5) is 0 Å². The lowest BCUT2D eigenvalue weighted by Crippen LogP contribution is -2.29. The first-order chi connectivity index (χ1) is 6.22. The van der Waals surface area contributed by atoms with Crippen molar-refractivity contribution in [3.05, 3.63) is 0 Å². The van der Waals surface area contributed by atoms with Crippen LogP contribution in [0.2, 0.25) is 0 Å². The van der Waals surface area contributed by atoms with Crippen LogP contribution in [-0.4, -0.2) is 30.5 Å². The predicted octanol–water partition coefficient (Wildman–Crippen LogP) is -0.360. The summed E-state index contributed by atoms with van der Waals surface area (Å²) >= 11 is 0. The molecular formula is C8H17N3O2. The summed E-state index contributed by atoms with van der Waals surface area (Å²) in [6.07, 6.45) is 1.63. The summed E-state index contributed by atoms with van der Waals surface area (Å²) in [5.74, 6) is 5.28.